The van der Waals surface area contributed by atoms with Crippen LogP contribution in [-0.4, -0.2) is 26.4 Å². The number of thiocarbonyl (C=S) groups is 1. The van der Waals surface area contributed by atoms with Crippen LogP contribution in [0.15, 0.2) is 48.5 Å². The smallest absolute Gasteiger partial charge is 0.177 e. The van der Waals surface area contributed by atoms with Crippen molar-refractivity contribution < 1.29 is 9.47 Å². The van der Waals surface area contributed by atoms with Gasteiger partial charge in [0.2, 0.25) is 0 Å². The van der Waals surface area contributed by atoms with Crippen LogP contribution in [0.25, 0.3) is 0 Å². The highest BCUT2D eigenvalue weighted by Crippen LogP contribution is 2.24. The molecular weight excluding hydrogens is 284 g/mol. The first kappa shape index (κ1) is 15.1. The van der Waals surface area contributed by atoms with E-state index in [1.807, 2.05) is 60.5 Å². The topological polar surface area (TPSA) is 33.7 Å². The molecule has 0 heterocycles. The minimum absolute atomic E-state index is 0.588. The minimum atomic E-state index is 0.588. The van der Waals surface area contributed by atoms with Crippen LogP contribution in [0.3, 0.4) is 0 Å². The fourth-order valence-electron chi connectivity index (χ4n) is 1.87. The zero-order chi connectivity index (χ0) is 15.2. The molecule has 0 atom stereocenters. The molecule has 0 aliphatic rings. The van der Waals surface area contributed by atoms with Crippen LogP contribution in [0.5, 0.6) is 11.5 Å². The van der Waals surface area contributed by atoms with Gasteiger partial charge in [0, 0.05) is 12.7 Å². The average molecular weight is 302 g/mol. The summed E-state index contributed by atoms with van der Waals surface area (Å²) < 4.78 is 10.5. The van der Waals surface area contributed by atoms with Gasteiger partial charge < -0.3 is 19.7 Å². The molecule has 4 nitrogen and oxygen atoms in total. The molecule has 0 bridgehead atoms. The van der Waals surface area contributed by atoms with Crippen molar-refractivity contribution in [2.45, 2.75) is 0 Å². The third kappa shape index (κ3) is 3.64. The van der Waals surface area contributed by atoms with E-state index in [9.17, 15) is 0 Å². The van der Waals surface area contributed by atoms with Crippen molar-refractivity contribution in [2.24, 2.45) is 0 Å². The van der Waals surface area contributed by atoms with Gasteiger partial charge in [0.1, 0.15) is 11.5 Å². The van der Waals surface area contributed by atoms with E-state index in [-0.39, 0.29) is 0 Å². The van der Waals surface area contributed by atoms with E-state index in [0.29, 0.717) is 5.11 Å². The molecule has 0 saturated carbocycles. The molecule has 1 N–H and O–H groups in total. The maximum Gasteiger partial charge on any atom is 0.177 e. The lowest BCUT2D eigenvalue weighted by Crippen LogP contribution is -2.30. The number of rotatable bonds is 4. The highest BCUT2D eigenvalue weighted by atomic mass is 32.1. The predicted molar refractivity (Wildman–Crippen MR) is 90.6 cm³/mol. The van der Waals surface area contributed by atoms with E-state index in [2.05, 4.69) is 5.32 Å². The summed E-state index contributed by atoms with van der Waals surface area (Å²) >= 11 is 5.44. The molecule has 0 amide bonds. The molecule has 0 aromatic heterocycles. The summed E-state index contributed by atoms with van der Waals surface area (Å²) in [6, 6.07) is 15.4. The third-order valence-corrected chi connectivity index (χ3v) is 3.49. The van der Waals surface area contributed by atoms with Crippen LogP contribution in [0.1, 0.15) is 0 Å². The van der Waals surface area contributed by atoms with Gasteiger partial charge in [-0.3, -0.25) is 0 Å². The van der Waals surface area contributed by atoms with Gasteiger partial charge in [-0.05, 0) is 48.6 Å². The lowest BCUT2D eigenvalue weighted by Gasteiger charge is -2.22. The summed E-state index contributed by atoms with van der Waals surface area (Å²) in [6.07, 6.45) is 0. The van der Waals surface area contributed by atoms with Crippen molar-refractivity contribution in [3.05, 3.63) is 48.5 Å². The van der Waals surface area contributed by atoms with Gasteiger partial charge in [-0.2, -0.15) is 0 Å². The zero-order valence-electron chi connectivity index (χ0n) is 12.3. The summed E-state index contributed by atoms with van der Waals surface area (Å²) in [6.45, 7) is 0. The maximum absolute atomic E-state index is 5.44. The van der Waals surface area contributed by atoms with Gasteiger partial charge in [-0.15, -0.1) is 0 Å². The standard InChI is InChI=1S/C16H18N2O2S/c1-18(12-8-10-13(19-2)11-9-12)16(21)17-14-6-4-5-7-15(14)20-3/h4-11H,1-3H3,(H,17,21). The van der Waals surface area contributed by atoms with Crippen LogP contribution in [0.4, 0.5) is 11.4 Å². The van der Waals surface area contributed by atoms with Crippen molar-refractivity contribution in [3.63, 3.8) is 0 Å². The lowest BCUT2D eigenvalue weighted by atomic mass is 10.3. The molecule has 0 spiro atoms. The Labute approximate surface area is 130 Å². The van der Waals surface area contributed by atoms with Crippen molar-refractivity contribution in [3.8, 4) is 11.5 Å². The van der Waals surface area contributed by atoms with E-state index in [4.69, 9.17) is 21.7 Å². The Hall–Kier alpha value is -2.27. The number of para-hydroxylation sites is 2. The first-order valence-corrected chi connectivity index (χ1v) is 6.88. The number of hydrogen-bond donors (Lipinski definition) is 1. The number of nitrogens with zero attached hydrogens (tertiary/aromatic N) is 1. The Morgan fingerprint density at radius 3 is 2.29 bits per heavy atom. The number of methoxy groups -OCH3 is 2. The Bertz CT molecular complexity index is 614. The van der Waals surface area contributed by atoms with Crippen molar-refractivity contribution in [1.82, 2.24) is 0 Å². The Balaban J connectivity index is 2.11. The average Bonchev–Trinajstić information content (AvgIpc) is 2.54. The van der Waals surface area contributed by atoms with Crippen LogP contribution >= 0.6 is 12.2 Å². The Morgan fingerprint density at radius 1 is 1.00 bits per heavy atom. The molecule has 0 aliphatic heterocycles. The van der Waals surface area contributed by atoms with E-state index in [1.54, 1.807) is 14.2 Å². The molecule has 2 rings (SSSR count). The molecule has 0 fully saturated rings. The fourth-order valence-corrected chi connectivity index (χ4v) is 2.09. The van der Waals surface area contributed by atoms with Crippen molar-refractivity contribution in [1.29, 1.82) is 0 Å². The van der Waals surface area contributed by atoms with Gasteiger partial charge in [0.05, 0.1) is 19.9 Å². The van der Waals surface area contributed by atoms with Crippen LogP contribution in [-0.2, 0) is 0 Å². The molecule has 2 aromatic rings. The summed E-state index contributed by atoms with van der Waals surface area (Å²) in [5.41, 5.74) is 1.81. The summed E-state index contributed by atoms with van der Waals surface area (Å²) in [7, 11) is 5.19. The van der Waals surface area contributed by atoms with Crippen LogP contribution in [0.2, 0.25) is 0 Å². The molecule has 21 heavy (non-hydrogen) atoms. The van der Waals surface area contributed by atoms with E-state index in [0.717, 1.165) is 22.9 Å². The first-order valence-electron chi connectivity index (χ1n) is 6.47. The molecule has 0 unspecified atom stereocenters. The van der Waals surface area contributed by atoms with Crippen LogP contribution < -0.4 is 19.7 Å². The number of benzene rings is 2. The van der Waals surface area contributed by atoms with Crippen molar-refractivity contribution >= 4 is 28.7 Å². The quantitative estimate of drug-likeness (QED) is 0.874. The molecule has 5 heteroatoms. The van der Waals surface area contributed by atoms with Gasteiger partial charge in [0.25, 0.3) is 0 Å². The van der Waals surface area contributed by atoms with Crippen LogP contribution in [0, 0.1) is 0 Å². The van der Waals surface area contributed by atoms with E-state index < -0.39 is 0 Å². The Kier molecular flexibility index (Phi) is 5.00. The number of nitrogens with one attached hydrogen (secondary N) is 1. The van der Waals surface area contributed by atoms with Gasteiger partial charge >= 0.3 is 0 Å². The molecule has 0 aliphatic carbocycles. The SMILES string of the molecule is COc1ccc(N(C)C(=S)Nc2ccccc2OC)cc1. The fraction of sp³-hybridized carbons (Fsp3) is 0.188. The highest BCUT2D eigenvalue weighted by Gasteiger charge is 2.09. The molecule has 0 radical (unpaired) electrons. The predicted octanol–water partition coefficient (Wildman–Crippen LogP) is 3.54. The highest BCUT2D eigenvalue weighted by molar-refractivity contribution is 7.80. The summed E-state index contributed by atoms with van der Waals surface area (Å²) in [5.74, 6) is 1.57. The molecular formula is C16H18N2O2S. The Morgan fingerprint density at radius 2 is 1.67 bits per heavy atom. The maximum atomic E-state index is 5.44. The largest absolute Gasteiger partial charge is 0.497 e. The summed E-state index contributed by atoms with van der Waals surface area (Å²) in [4.78, 5) is 1.89. The number of anilines is 2. The molecule has 0 saturated heterocycles. The molecule has 2 aromatic carbocycles. The third-order valence-electron chi connectivity index (χ3n) is 3.11. The van der Waals surface area contributed by atoms with E-state index >= 15 is 0 Å². The second-order valence-corrected chi connectivity index (χ2v) is 4.77. The first-order chi connectivity index (χ1) is 10.2. The lowest BCUT2D eigenvalue weighted by molar-refractivity contribution is 0.415. The van der Waals surface area contributed by atoms with Gasteiger partial charge in [-0.25, -0.2) is 0 Å². The molecule has 110 valence electrons. The monoisotopic (exact) mass is 302 g/mol. The summed E-state index contributed by atoms with van der Waals surface area (Å²) in [5, 5.41) is 3.78. The van der Waals surface area contributed by atoms with Crippen molar-refractivity contribution in [2.75, 3.05) is 31.5 Å². The van der Waals surface area contributed by atoms with Gasteiger partial charge in [-0.1, -0.05) is 12.1 Å². The second kappa shape index (κ2) is 6.95. The second-order valence-electron chi connectivity index (χ2n) is 4.39. The normalized spacial score (nSPS) is 9.86. The van der Waals surface area contributed by atoms with Gasteiger partial charge in [0.15, 0.2) is 5.11 Å². The zero-order valence-corrected chi connectivity index (χ0v) is 13.1. The minimum Gasteiger partial charge on any atom is -0.497 e. The van der Waals surface area contributed by atoms with E-state index in [1.165, 1.54) is 0 Å². The number of hydrogen-bond acceptors (Lipinski definition) is 3. The number of ether oxygens (including phenoxy) is 2.